The first kappa shape index (κ1) is 12.8. The predicted molar refractivity (Wildman–Crippen MR) is 73.0 cm³/mol. The Labute approximate surface area is 112 Å². The van der Waals surface area contributed by atoms with Crippen LogP contribution in [0.4, 0.5) is 5.00 Å². The van der Waals surface area contributed by atoms with Crippen molar-refractivity contribution in [1.82, 2.24) is 0 Å². The Morgan fingerprint density at radius 1 is 1.22 bits per heavy atom. The van der Waals surface area contributed by atoms with Gasteiger partial charge < -0.3 is 10.4 Å². The second-order valence-electron chi connectivity index (χ2n) is 3.75. The fourth-order valence-electron chi connectivity index (χ4n) is 1.56. The lowest BCUT2D eigenvalue weighted by molar-refractivity contribution is 0.0702. The minimum absolute atomic E-state index is 0.198. The van der Waals surface area contributed by atoms with Crippen LogP contribution in [0.5, 0.6) is 0 Å². The maximum absolute atomic E-state index is 12.0. The third-order valence-electron chi connectivity index (χ3n) is 2.34. The quantitative estimate of drug-likeness (QED) is 0.906. The maximum Gasteiger partial charge on any atom is 0.345 e. The molecule has 2 aromatic heterocycles. The number of carbonyl (C=O) groups is 2. The lowest BCUT2D eigenvalue weighted by Gasteiger charge is -2.00. The van der Waals surface area contributed by atoms with Gasteiger partial charge >= 0.3 is 5.97 Å². The Kier molecular flexibility index (Phi) is 3.49. The smallest absolute Gasteiger partial charge is 0.345 e. The molecule has 2 heterocycles. The molecule has 0 aromatic carbocycles. The van der Waals surface area contributed by atoms with E-state index in [0.717, 1.165) is 21.1 Å². The minimum Gasteiger partial charge on any atom is -0.477 e. The van der Waals surface area contributed by atoms with Gasteiger partial charge in [0.1, 0.15) is 4.88 Å². The molecule has 2 N–H and O–H groups in total. The summed E-state index contributed by atoms with van der Waals surface area (Å²) >= 11 is 2.62. The summed E-state index contributed by atoms with van der Waals surface area (Å²) in [6.45, 7) is 3.84. The highest BCUT2D eigenvalue weighted by Gasteiger charge is 2.14. The summed E-state index contributed by atoms with van der Waals surface area (Å²) in [6, 6.07) is 4.91. The van der Waals surface area contributed by atoms with Gasteiger partial charge in [-0.25, -0.2) is 4.79 Å². The van der Waals surface area contributed by atoms with E-state index in [1.165, 1.54) is 6.07 Å². The molecular formula is C12H11NO3S2. The molecule has 18 heavy (non-hydrogen) atoms. The van der Waals surface area contributed by atoms with Crippen molar-refractivity contribution in [3.63, 3.8) is 0 Å². The summed E-state index contributed by atoms with van der Waals surface area (Å²) in [5, 5.41) is 12.0. The fourth-order valence-corrected chi connectivity index (χ4v) is 3.22. The number of carboxylic acid groups (broad SMARTS) is 1. The number of nitrogens with one attached hydrogen (secondary N) is 1. The summed E-state index contributed by atoms with van der Waals surface area (Å²) in [6.07, 6.45) is 0. The number of carboxylic acids is 1. The number of aryl methyl sites for hydroxylation is 2. The Bertz CT molecular complexity index is 613. The van der Waals surface area contributed by atoms with Crippen molar-refractivity contribution >= 4 is 39.6 Å². The van der Waals surface area contributed by atoms with Crippen LogP contribution in [0, 0.1) is 13.8 Å². The number of carbonyl (C=O) groups excluding carboxylic acids is 1. The molecule has 0 aliphatic rings. The Morgan fingerprint density at radius 3 is 2.44 bits per heavy atom. The average Bonchev–Trinajstić information content (AvgIpc) is 2.85. The molecule has 0 saturated carbocycles. The first-order chi connectivity index (χ1) is 8.47. The van der Waals surface area contributed by atoms with Crippen molar-refractivity contribution < 1.29 is 14.7 Å². The van der Waals surface area contributed by atoms with Crippen LogP contribution in [0.3, 0.4) is 0 Å². The molecule has 6 heteroatoms. The van der Waals surface area contributed by atoms with Crippen molar-refractivity contribution in [3.05, 3.63) is 38.4 Å². The number of aromatic carboxylic acids is 1. The van der Waals surface area contributed by atoms with E-state index in [-0.39, 0.29) is 10.8 Å². The van der Waals surface area contributed by atoms with Crippen LogP contribution in [-0.4, -0.2) is 17.0 Å². The van der Waals surface area contributed by atoms with Crippen LogP contribution in [0.2, 0.25) is 0 Å². The highest BCUT2D eigenvalue weighted by Crippen LogP contribution is 2.25. The predicted octanol–water partition coefficient (Wildman–Crippen LogP) is 3.38. The van der Waals surface area contributed by atoms with E-state index < -0.39 is 5.97 Å². The van der Waals surface area contributed by atoms with E-state index in [0.29, 0.717) is 10.6 Å². The van der Waals surface area contributed by atoms with Crippen LogP contribution in [0.25, 0.3) is 0 Å². The topological polar surface area (TPSA) is 66.4 Å². The van der Waals surface area contributed by atoms with Gasteiger partial charge in [0.05, 0.1) is 10.6 Å². The molecule has 0 bridgehead atoms. The third-order valence-corrected chi connectivity index (χ3v) is 4.29. The van der Waals surface area contributed by atoms with E-state index in [1.54, 1.807) is 17.4 Å². The number of hydrogen-bond donors (Lipinski definition) is 2. The van der Waals surface area contributed by atoms with Crippen molar-refractivity contribution in [2.45, 2.75) is 13.8 Å². The first-order valence-electron chi connectivity index (χ1n) is 5.19. The fraction of sp³-hybridized carbons (Fsp3) is 0.167. The highest BCUT2D eigenvalue weighted by atomic mass is 32.1. The van der Waals surface area contributed by atoms with Gasteiger partial charge in [-0.1, -0.05) is 0 Å². The van der Waals surface area contributed by atoms with Gasteiger partial charge in [0.2, 0.25) is 0 Å². The van der Waals surface area contributed by atoms with Crippen molar-refractivity contribution in [2.24, 2.45) is 0 Å². The van der Waals surface area contributed by atoms with Gasteiger partial charge in [0.25, 0.3) is 5.91 Å². The molecule has 0 spiro atoms. The zero-order valence-electron chi connectivity index (χ0n) is 9.81. The van der Waals surface area contributed by atoms with Crippen LogP contribution in [0.1, 0.15) is 29.8 Å². The Morgan fingerprint density at radius 2 is 1.94 bits per heavy atom. The summed E-state index contributed by atoms with van der Waals surface area (Å²) in [5.41, 5.74) is 0.641. The number of rotatable bonds is 3. The van der Waals surface area contributed by atoms with Gasteiger partial charge in [-0.2, -0.15) is 0 Å². The number of anilines is 1. The van der Waals surface area contributed by atoms with Gasteiger partial charge in [-0.3, -0.25) is 4.79 Å². The molecule has 0 unspecified atom stereocenters. The monoisotopic (exact) mass is 281 g/mol. The van der Waals surface area contributed by atoms with Crippen LogP contribution in [0.15, 0.2) is 18.2 Å². The van der Waals surface area contributed by atoms with E-state index in [9.17, 15) is 9.59 Å². The van der Waals surface area contributed by atoms with Gasteiger partial charge in [0.15, 0.2) is 0 Å². The largest absolute Gasteiger partial charge is 0.477 e. The Hall–Kier alpha value is -1.66. The van der Waals surface area contributed by atoms with E-state index in [2.05, 4.69) is 5.32 Å². The molecule has 0 atom stereocenters. The normalized spacial score (nSPS) is 10.3. The maximum atomic E-state index is 12.0. The van der Waals surface area contributed by atoms with Gasteiger partial charge in [0, 0.05) is 9.75 Å². The summed E-state index contributed by atoms with van der Waals surface area (Å²) in [4.78, 5) is 25.0. The summed E-state index contributed by atoms with van der Waals surface area (Å²) in [5.74, 6) is -1.18. The van der Waals surface area contributed by atoms with E-state index >= 15 is 0 Å². The van der Waals surface area contributed by atoms with E-state index in [1.807, 2.05) is 19.9 Å². The zero-order valence-corrected chi connectivity index (χ0v) is 11.4. The molecule has 94 valence electrons. The number of amides is 1. The van der Waals surface area contributed by atoms with Crippen LogP contribution < -0.4 is 5.32 Å². The molecule has 0 aliphatic heterocycles. The molecule has 1 amide bonds. The summed E-state index contributed by atoms with van der Waals surface area (Å²) in [7, 11) is 0. The van der Waals surface area contributed by atoms with Crippen LogP contribution >= 0.6 is 22.7 Å². The molecule has 0 saturated heterocycles. The number of thiophene rings is 2. The van der Waals surface area contributed by atoms with Crippen LogP contribution in [-0.2, 0) is 0 Å². The molecule has 4 nitrogen and oxygen atoms in total. The molecule has 0 radical (unpaired) electrons. The van der Waals surface area contributed by atoms with Crippen molar-refractivity contribution in [2.75, 3.05) is 5.32 Å². The molecular weight excluding hydrogens is 270 g/mol. The first-order valence-corrected chi connectivity index (χ1v) is 6.82. The lowest BCUT2D eigenvalue weighted by Crippen LogP contribution is -2.10. The third kappa shape index (κ3) is 2.60. The van der Waals surface area contributed by atoms with Crippen molar-refractivity contribution in [1.29, 1.82) is 0 Å². The SMILES string of the molecule is Cc1cc(C(=O)Nc2ccc(C(=O)O)s2)c(C)s1. The number of hydrogen-bond acceptors (Lipinski definition) is 4. The Balaban J connectivity index is 2.16. The lowest BCUT2D eigenvalue weighted by atomic mass is 10.2. The second kappa shape index (κ2) is 4.91. The van der Waals surface area contributed by atoms with Gasteiger partial charge in [-0.15, -0.1) is 22.7 Å². The van der Waals surface area contributed by atoms with Crippen molar-refractivity contribution in [3.8, 4) is 0 Å². The standard InChI is InChI=1S/C12H11NO3S2/c1-6-5-8(7(2)17-6)11(14)13-10-4-3-9(18-10)12(15)16/h3-5H,1-2H3,(H,13,14)(H,15,16). The summed E-state index contributed by atoms with van der Waals surface area (Å²) < 4.78 is 0. The highest BCUT2D eigenvalue weighted by molar-refractivity contribution is 7.18. The molecule has 2 aromatic rings. The average molecular weight is 281 g/mol. The molecule has 2 rings (SSSR count). The minimum atomic E-state index is -0.983. The molecule has 0 aliphatic carbocycles. The van der Waals surface area contributed by atoms with E-state index in [4.69, 9.17) is 5.11 Å². The second-order valence-corrected chi connectivity index (χ2v) is 6.29. The zero-order chi connectivity index (χ0) is 13.3. The molecule has 0 fully saturated rings. The van der Waals surface area contributed by atoms with Gasteiger partial charge in [-0.05, 0) is 32.0 Å².